The fourth-order valence-corrected chi connectivity index (χ4v) is 6.43. The van der Waals surface area contributed by atoms with Gasteiger partial charge < -0.3 is 9.80 Å². The van der Waals surface area contributed by atoms with Gasteiger partial charge in [0.15, 0.2) is 0 Å². The summed E-state index contributed by atoms with van der Waals surface area (Å²) in [6.07, 6.45) is -1.42. The van der Waals surface area contributed by atoms with E-state index >= 15 is 0 Å². The molecule has 0 unspecified atom stereocenters. The minimum atomic E-state index is -4.38. The molecule has 0 N–H and O–H groups in total. The maximum atomic E-state index is 14.2. The molecule has 4 aromatic rings. The Hall–Kier alpha value is -4.31. The van der Waals surface area contributed by atoms with Crippen LogP contribution in [0.4, 0.5) is 13.2 Å². The average Bonchev–Trinajstić information content (AvgIpc) is 3.86. The molecule has 0 radical (unpaired) electrons. The van der Waals surface area contributed by atoms with Crippen molar-refractivity contribution in [3.8, 4) is 11.1 Å². The van der Waals surface area contributed by atoms with E-state index in [1.807, 2.05) is 54.3 Å². The fraction of sp³-hybridized carbons (Fsp3) is 0.389. The molecule has 0 bridgehead atoms. The summed E-state index contributed by atoms with van der Waals surface area (Å²) < 4.78 is 40.7. The van der Waals surface area contributed by atoms with E-state index in [2.05, 4.69) is 34.2 Å². The Bertz CT molecular complexity index is 1710. The zero-order chi connectivity index (χ0) is 32.4. The van der Waals surface area contributed by atoms with Crippen LogP contribution in [0.5, 0.6) is 0 Å². The highest BCUT2D eigenvalue weighted by molar-refractivity contribution is 5.76. The number of amides is 1. The minimum absolute atomic E-state index is 0.0103. The highest BCUT2D eigenvalue weighted by Gasteiger charge is 2.43. The van der Waals surface area contributed by atoms with E-state index in [4.69, 9.17) is 0 Å². The Morgan fingerprint density at radius 3 is 2.15 bits per heavy atom. The van der Waals surface area contributed by atoms with Gasteiger partial charge in [-0.05, 0) is 86.1 Å². The Kier molecular flexibility index (Phi) is 9.08. The Balaban J connectivity index is 1.24. The highest BCUT2D eigenvalue weighted by Crippen LogP contribution is 2.53. The first kappa shape index (κ1) is 31.7. The number of carbonyl (C=O) groups excluding carboxylic acids is 1. The molecule has 0 spiro atoms. The molecule has 2 aliphatic rings. The van der Waals surface area contributed by atoms with Gasteiger partial charge in [-0.15, -0.1) is 0 Å². The monoisotopic (exact) mass is 629 g/mol. The van der Waals surface area contributed by atoms with E-state index in [-0.39, 0.29) is 35.9 Å². The molecule has 1 saturated heterocycles. The van der Waals surface area contributed by atoms with Crippen LogP contribution in [0.25, 0.3) is 11.1 Å². The van der Waals surface area contributed by atoms with Crippen LogP contribution in [0.2, 0.25) is 0 Å². The predicted molar refractivity (Wildman–Crippen MR) is 170 cm³/mol. The minimum Gasteiger partial charge on any atom is -0.334 e. The number of nitrogens with zero attached hydrogens (tertiary/aromatic N) is 5. The number of aryl methyl sites for hydroxylation is 1. The lowest BCUT2D eigenvalue weighted by Crippen LogP contribution is -2.47. The summed E-state index contributed by atoms with van der Waals surface area (Å²) in [5.74, 6) is 0.737. The number of rotatable bonds is 9. The number of hydrogen-bond donors (Lipinski definition) is 0. The quantitative estimate of drug-likeness (QED) is 0.218. The van der Waals surface area contributed by atoms with Crippen molar-refractivity contribution in [2.45, 2.75) is 69.8 Å². The molecule has 1 aromatic heterocycles. The first-order chi connectivity index (χ1) is 22.1. The van der Waals surface area contributed by atoms with E-state index < -0.39 is 11.7 Å². The highest BCUT2D eigenvalue weighted by atomic mass is 19.4. The third-order valence-electron chi connectivity index (χ3n) is 9.24. The Morgan fingerprint density at radius 2 is 1.54 bits per heavy atom. The van der Waals surface area contributed by atoms with Crippen LogP contribution in [-0.4, -0.2) is 56.7 Å². The summed E-state index contributed by atoms with van der Waals surface area (Å²) in [5, 5.41) is 4.65. The van der Waals surface area contributed by atoms with Crippen molar-refractivity contribution in [3.63, 3.8) is 0 Å². The van der Waals surface area contributed by atoms with E-state index in [0.717, 1.165) is 55.6 Å². The molecule has 46 heavy (non-hydrogen) atoms. The zero-order valence-corrected chi connectivity index (χ0v) is 26.1. The molecule has 1 aliphatic carbocycles. The van der Waals surface area contributed by atoms with Crippen molar-refractivity contribution in [2.75, 3.05) is 20.1 Å². The standard InChI is InChI=1S/C36H38F3N5O2/c1-3-32-35(46)40-34(31-21-30(31)27-7-5-4-6-8-27)44(41-32)23-33(45)43(29-17-19-42(2)20-18-29)22-24-9-11-25(12-10-24)26-13-15-28(16-14-26)36(37,38)39/h4-16,29-31H,3,17-23H2,1-2H3/t30-,31+/m0/s1. The van der Waals surface area contributed by atoms with Crippen LogP contribution in [0.15, 0.2) is 83.7 Å². The molecule has 1 saturated carbocycles. The first-order valence-corrected chi connectivity index (χ1v) is 15.9. The first-order valence-electron chi connectivity index (χ1n) is 15.9. The van der Waals surface area contributed by atoms with Crippen LogP contribution in [0.1, 0.15) is 66.2 Å². The number of alkyl halides is 3. The fourth-order valence-electron chi connectivity index (χ4n) is 6.43. The Morgan fingerprint density at radius 1 is 0.913 bits per heavy atom. The van der Waals surface area contributed by atoms with Crippen LogP contribution in [-0.2, 0) is 30.5 Å². The Labute approximate surface area is 266 Å². The van der Waals surface area contributed by atoms with Gasteiger partial charge in [-0.3, -0.25) is 9.59 Å². The molecule has 1 amide bonds. The summed E-state index contributed by atoms with van der Waals surface area (Å²) in [6.45, 7) is 4.00. The van der Waals surface area contributed by atoms with E-state index in [9.17, 15) is 22.8 Å². The van der Waals surface area contributed by atoms with Gasteiger partial charge in [0.2, 0.25) is 5.91 Å². The van der Waals surface area contributed by atoms with Crippen molar-refractivity contribution >= 4 is 5.91 Å². The molecule has 3 aromatic carbocycles. The summed E-state index contributed by atoms with van der Waals surface area (Å²) >= 11 is 0. The van der Waals surface area contributed by atoms with Crippen molar-refractivity contribution in [3.05, 3.63) is 117 Å². The molecule has 2 atom stereocenters. The number of piperidine rings is 1. The maximum Gasteiger partial charge on any atom is 0.416 e. The zero-order valence-electron chi connectivity index (χ0n) is 26.1. The van der Waals surface area contributed by atoms with Gasteiger partial charge >= 0.3 is 6.18 Å². The number of aromatic nitrogens is 3. The number of benzene rings is 3. The largest absolute Gasteiger partial charge is 0.416 e. The lowest BCUT2D eigenvalue weighted by atomic mass is 10.0. The van der Waals surface area contributed by atoms with Crippen molar-refractivity contribution in [1.29, 1.82) is 0 Å². The summed E-state index contributed by atoms with van der Waals surface area (Å²) in [5.41, 5.74) is 2.93. The molecule has 6 rings (SSSR count). The summed E-state index contributed by atoms with van der Waals surface area (Å²) in [7, 11) is 2.08. The summed E-state index contributed by atoms with van der Waals surface area (Å²) in [4.78, 5) is 35.6. The predicted octanol–water partition coefficient (Wildman–Crippen LogP) is 6.28. The summed E-state index contributed by atoms with van der Waals surface area (Å²) in [6, 6.07) is 22.9. The lowest BCUT2D eigenvalue weighted by molar-refractivity contribution is -0.138. The van der Waals surface area contributed by atoms with Gasteiger partial charge in [0, 0.05) is 18.5 Å². The van der Waals surface area contributed by atoms with Crippen LogP contribution < -0.4 is 5.56 Å². The van der Waals surface area contributed by atoms with Gasteiger partial charge in [-0.25, -0.2) is 4.68 Å². The lowest BCUT2D eigenvalue weighted by Gasteiger charge is -2.37. The molecule has 7 nitrogen and oxygen atoms in total. The number of carbonyl (C=O) groups is 1. The second-order valence-electron chi connectivity index (χ2n) is 12.4. The van der Waals surface area contributed by atoms with E-state index in [1.54, 1.807) is 4.68 Å². The molecule has 2 fully saturated rings. The van der Waals surface area contributed by atoms with Crippen LogP contribution in [0.3, 0.4) is 0 Å². The van der Waals surface area contributed by atoms with Gasteiger partial charge in [0.1, 0.15) is 18.1 Å². The van der Waals surface area contributed by atoms with Gasteiger partial charge in [0.25, 0.3) is 5.56 Å². The van der Waals surface area contributed by atoms with Crippen molar-refractivity contribution < 1.29 is 18.0 Å². The number of halogens is 3. The number of likely N-dealkylation sites (tertiary alicyclic amines) is 1. The molecule has 2 heterocycles. The molecular formula is C36H38F3N5O2. The number of hydrogen-bond acceptors (Lipinski definition) is 5. The van der Waals surface area contributed by atoms with Crippen molar-refractivity contribution in [1.82, 2.24) is 24.6 Å². The second kappa shape index (κ2) is 13.2. The third kappa shape index (κ3) is 7.07. The normalized spacial score (nSPS) is 18.8. The molecule has 10 heteroatoms. The average molecular weight is 630 g/mol. The van der Waals surface area contributed by atoms with E-state index in [1.165, 1.54) is 17.7 Å². The second-order valence-corrected chi connectivity index (χ2v) is 12.4. The maximum absolute atomic E-state index is 14.2. The van der Waals surface area contributed by atoms with Crippen LogP contribution in [0, 0.1) is 0 Å². The van der Waals surface area contributed by atoms with Gasteiger partial charge in [-0.2, -0.15) is 23.3 Å². The van der Waals surface area contributed by atoms with Crippen molar-refractivity contribution in [2.24, 2.45) is 0 Å². The van der Waals surface area contributed by atoms with E-state index in [0.29, 0.717) is 30.0 Å². The van der Waals surface area contributed by atoms with Crippen LogP contribution >= 0.6 is 0 Å². The van der Waals surface area contributed by atoms with Gasteiger partial charge in [-0.1, -0.05) is 73.7 Å². The molecule has 240 valence electrons. The smallest absolute Gasteiger partial charge is 0.334 e. The molecular weight excluding hydrogens is 591 g/mol. The topological polar surface area (TPSA) is 71.3 Å². The third-order valence-corrected chi connectivity index (χ3v) is 9.24. The van der Waals surface area contributed by atoms with Gasteiger partial charge in [0.05, 0.1) is 5.56 Å². The molecule has 1 aliphatic heterocycles. The SMILES string of the molecule is CCc1nn(CC(=O)N(Cc2ccc(-c3ccc(C(F)(F)F)cc3)cc2)C2CCN(C)CC2)c([C@@H]2C[C@H]2c2ccccc2)nc1=O.